The molecule has 1 unspecified atom stereocenters. The van der Waals surface area contributed by atoms with Gasteiger partial charge in [-0.2, -0.15) is 0 Å². The third-order valence-electron chi connectivity index (χ3n) is 3.95. The summed E-state index contributed by atoms with van der Waals surface area (Å²) >= 11 is 3.56. The molecule has 1 aromatic carbocycles. The number of nitrogens with two attached hydrogens (primary N) is 1. The molecule has 0 aliphatic heterocycles. The lowest BCUT2D eigenvalue weighted by atomic mass is 9.94. The van der Waals surface area contributed by atoms with Gasteiger partial charge >= 0.3 is 0 Å². The Kier molecular flexibility index (Phi) is 5.22. The van der Waals surface area contributed by atoms with E-state index in [1.807, 2.05) is 23.1 Å². The van der Waals surface area contributed by atoms with E-state index >= 15 is 0 Å². The van der Waals surface area contributed by atoms with Gasteiger partial charge < -0.3 is 10.6 Å². The molecule has 110 valence electrons. The number of halogens is 1. The van der Waals surface area contributed by atoms with Gasteiger partial charge in [0.1, 0.15) is 0 Å². The fourth-order valence-corrected chi connectivity index (χ4v) is 2.86. The number of rotatable bonds is 6. The molecular formula is C16H23BrN2O. The lowest BCUT2D eigenvalue weighted by Crippen LogP contribution is -2.42. The summed E-state index contributed by atoms with van der Waals surface area (Å²) in [5.41, 5.74) is 6.96. The van der Waals surface area contributed by atoms with Gasteiger partial charge in [-0.25, -0.2) is 0 Å². The molecule has 0 saturated heterocycles. The van der Waals surface area contributed by atoms with E-state index in [4.69, 9.17) is 5.73 Å². The third-order valence-corrected chi connectivity index (χ3v) is 4.72. The average molecular weight is 339 g/mol. The fourth-order valence-electron chi connectivity index (χ4n) is 2.45. The first-order valence-corrected chi connectivity index (χ1v) is 8.07. The second-order valence-electron chi connectivity index (χ2n) is 5.87. The van der Waals surface area contributed by atoms with Gasteiger partial charge in [-0.05, 0) is 30.4 Å². The van der Waals surface area contributed by atoms with Crippen molar-refractivity contribution < 1.29 is 4.79 Å². The first-order chi connectivity index (χ1) is 9.54. The number of benzene rings is 1. The van der Waals surface area contributed by atoms with Crippen LogP contribution in [0.4, 0.5) is 0 Å². The average Bonchev–Trinajstić information content (AvgIpc) is 3.22. The minimum atomic E-state index is -0.0712. The van der Waals surface area contributed by atoms with E-state index in [0.29, 0.717) is 19.1 Å². The molecule has 2 N–H and O–H groups in total. The van der Waals surface area contributed by atoms with E-state index in [9.17, 15) is 4.79 Å². The zero-order chi connectivity index (χ0) is 14.7. The molecule has 20 heavy (non-hydrogen) atoms. The van der Waals surface area contributed by atoms with E-state index < -0.39 is 0 Å². The monoisotopic (exact) mass is 338 g/mol. The number of hydrogen-bond acceptors (Lipinski definition) is 2. The zero-order valence-electron chi connectivity index (χ0n) is 12.2. The van der Waals surface area contributed by atoms with E-state index in [1.165, 1.54) is 0 Å². The molecule has 1 amide bonds. The van der Waals surface area contributed by atoms with E-state index in [2.05, 4.69) is 35.8 Å². The van der Waals surface area contributed by atoms with Gasteiger partial charge in [0.2, 0.25) is 5.91 Å². The highest BCUT2D eigenvalue weighted by Crippen LogP contribution is 2.32. The summed E-state index contributed by atoms with van der Waals surface area (Å²) in [6, 6.07) is 8.50. The molecule has 0 spiro atoms. The molecule has 1 aliphatic rings. The van der Waals surface area contributed by atoms with Crippen molar-refractivity contribution >= 4 is 21.8 Å². The summed E-state index contributed by atoms with van der Waals surface area (Å²) in [5, 5.41) is 0. The van der Waals surface area contributed by atoms with Crippen molar-refractivity contribution in [1.29, 1.82) is 0 Å². The van der Waals surface area contributed by atoms with Crippen LogP contribution in [0.25, 0.3) is 0 Å². The molecule has 1 atom stereocenters. The maximum Gasteiger partial charge on any atom is 0.227 e. The molecule has 3 nitrogen and oxygen atoms in total. The standard InChI is InChI=1S/C16H23BrN2O/c1-11(2)14(9-18)16(20)19(13-7-8-13)10-12-5-3-4-6-15(12)17/h3-6,11,13-14H,7-10,18H2,1-2H3. The van der Waals surface area contributed by atoms with Gasteiger partial charge in [0.05, 0.1) is 5.92 Å². The summed E-state index contributed by atoms with van der Waals surface area (Å²) < 4.78 is 1.06. The van der Waals surface area contributed by atoms with Crippen LogP contribution in [0.15, 0.2) is 28.7 Å². The molecule has 4 heteroatoms. The van der Waals surface area contributed by atoms with E-state index in [1.54, 1.807) is 0 Å². The second kappa shape index (κ2) is 6.72. The smallest absolute Gasteiger partial charge is 0.227 e. The number of amides is 1. The molecule has 2 rings (SSSR count). The molecule has 0 radical (unpaired) electrons. The van der Waals surface area contributed by atoms with E-state index in [-0.39, 0.29) is 17.7 Å². The van der Waals surface area contributed by atoms with Crippen LogP contribution < -0.4 is 5.73 Å². The first-order valence-electron chi connectivity index (χ1n) is 7.28. The first kappa shape index (κ1) is 15.5. The lowest BCUT2D eigenvalue weighted by molar-refractivity contribution is -0.137. The van der Waals surface area contributed by atoms with Gasteiger partial charge in [0, 0.05) is 23.6 Å². The Bertz CT molecular complexity index is 471. The van der Waals surface area contributed by atoms with Crippen molar-refractivity contribution in [1.82, 2.24) is 4.90 Å². The quantitative estimate of drug-likeness (QED) is 0.865. The number of carbonyl (C=O) groups is 1. The second-order valence-corrected chi connectivity index (χ2v) is 6.73. The maximum atomic E-state index is 12.7. The highest BCUT2D eigenvalue weighted by Gasteiger charge is 2.36. The minimum Gasteiger partial charge on any atom is -0.335 e. The largest absolute Gasteiger partial charge is 0.335 e. The van der Waals surface area contributed by atoms with Crippen LogP contribution in [0, 0.1) is 11.8 Å². The van der Waals surface area contributed by atoms with Crippen LogP contribution in [0.1, 0.15) is 32.3 Å². The highest BCUT2D eigenvalue weighted by atomic mass is 79.9. The van der Waals surface area contributed by atoms with E-state index in [0.717, 1.165) is 22.9 Å². The third kappa shape index (κ3) is 3.61. The molecule has 1 saturated carbocycles. The van der Waals surface area contributed by atoms with Crippen molar-refractivity contribution in [2.45, 2.75) is 39.3 Å². The Balaban J connectivity index is 2.15. The lowest BCUT2D eigenvalue weighted by Gasteiger charge is -2.29. The number of carbonyl (C=O) groups excluding carboxylic acids is 1. The molecule has 1 aromatic rings. The highest BCUT2D eigenvalue weighted by molar-refractivity contribution is 9.10. The van der Waals surface area contributed by atoms with Crippen molar-refractivity contribution in [3.8, 4) is 0 Å². The van der Waals surface area contributed by atoms with Gasteiger partial charge in [0.25, 0.3) is 0 Å². The van der Waals surface area contributed by atoms with Crippen LogP contribution in [0.2, 0.25) is 0 Å². The van der Waals surface area contributed by atoms with Crippen molar-refractivity contribution in [3.63, 3.8) is 0 Å². The van der Waals surface area contributed by atoms with Crippen molar-refractivity contribution in [2.24, 2.45) is 17.6 Å². The van der Waals surface area contributed by atoms with Crippen molar-refractivity contribution in [3.05, 3.63) is 34.3 Å². The predicted octanol–water partition coefficient (Wildman–Crippen LogP) is 3.17. The van der Waals surface area contributed by atoms with Gasteiger partial charge in [-0.3, -0.25) is 4.79 Å². The SMILES string of the molecule is CC(C)C(CN)C(=O)N(Cc1ccccc1Br)C1CC1. The van der Waals surface area contributed by atoms with Crippen LogP contribution in [-0.4, -0.2) is 23.4 Å². The Morgan fingerprint density at radius 1 is 1.40 bits per heavy atom. The summed E-state index contributed by atoms with van der Waals surface area (Å²) in [5.74, 6) is 0.423. The van der Waals surface area contributed by atoms with Crippen LogP contribution in [0.5, 0.6) is 0 Å². The molecule has 1 fully saturated rings. The Morgan fingerprint density at radius 3 is 2.55 bits per heavy atom. The maximum absolute atomic E-state index is 12.7. The fraction of sp³-hybridized carbons (Fsp3) is 0.562. The number of nitrogens with zero attached hydrogens (tertiary/aromatic N) is 1. The summed E-state index contributed by atoms with van der Waals surface area (Å²) in [7, 11) is 0. The molecule has 0 aromatic heterocycles. The van der Waals surface area contributed by atoms with Crippen LogP contribution >= 0.6 is 15.9 Å². The Morgan fingerprint density at radius 2 is 2.05 bits per heavy atom. The normalized spacial score (nSPS) is 16.2. The number of hydrogen-bond donors (Lipinski definition) is 1. The molecule has 0 heterocycles. The molecular weight excluding hydrogens is 316 g/mol. The predicted molar refractivity (Wildman–Crippen MR) is 85.1 cm³/mol. The topological polar surface area (TPSA) is 46.3 Å². The zero-order valence-corrected chi connectivity index (χ0v) is 13.8. The van der Waals surface area contributed by atoms with Gasteiger partial charge in [-0.1, -0.05) is 48.0 Å². The van der Waals surface area contributed by atoms with Crippen LogP contribution in [-0.2, 0) is 11.3 Å². The molecule has 0 bridgehead atoms. The Hall–Kier alpha value is -0.870. The summed E-state index contributed by atoms with van der Waals surface area (Å²) in [6.07, 6.45) is 2.23. The summed E-state index contributed by atoms with van der Waals surface area (Å²) in [6.45, 7) is 5.24. The molecule has 1 aliphatic carbocycles. The van der Waals surface area contributed by atoms with Gasteiger partial charge in [-0.15, -0.1) is 0 Å². The summed E-state index contributed by atoms with van der Waals surface area (Å²) in [4.78, 5) is 14.8. The van der Waals surface area contributed by atoms with Gasteiger partial charge in [0.15, 0.2) is 0 Å². The van der Waals surface area contributed by atoms with Crippen molar-refractivity contribution in [2.75, 3.05) is 6.54 Å². The van der Waals surface area contributed by atoms with Crippen LogP contribution in [0.3, 0.4) is 0 Å². The Labute approximate surface area is 129 Å². The minimum absolute atomic E-state index is 0.0712.